The van der Waals surface area contributed by atoms with E-state index in [1.807, 2.05) is 5.38 Å². The summed E-state index contributed by atoms with van der Waals surface area (Å²) in [6.07, 6.45) is 3.75. The van der Waals surface area contributed by atoms with Crippen LogP contribution in [0.3, 0.4) is 0 Å². The minimum atomic E-state index is -0.126. The molecule has 1 fully saturated rings. The van der Waals surface area contributed by atoms with Gasteiger partial charge in [-0.1, -0.05) is 0 Å². The molecule has 5 rings (SSSR count). The monoisotopic (exact) mass is 445 g/mol. The number of morpholine rings is 1. The second kappa shape index (κ2) is 8.54. The first-order valence-electron chi connectivity index (χ1n) is 10.2. The number of nitrogens with one attached hydrogen (secondary N) is 2. The van der Waals surface area contributed by atoms with Crippen molar-refractivity contribution in [2.24, 2.45) is 0 Å². The number of hydrogen-bond donors (Lipinski definition) is 2. The van der Waals surface area contributed by atoms with E-state index in [-0.39, 0.29) is 17.9 Å². The largest absolute Gasteiger partial charge is 0.379 e. The first kappa shape index (κ1) is 19.8. The number of amides is 1. The lowest BCUT2D eigenvalue weighted by Gasteiger charge is -2.25. The molecule has 0 bridgehead atoms. The van der Waals surface area contributed by atoms with Crippen LogP contribution in [0.4, 0.5) is 5.13 Å². The number of aromatic nitrogens is 3. The number of nitrogens with zero attached hydrogens (tertiary/aromatic N) is 3. The average molecular weight is 446 g/mol. The number of H-pyrrole nitrogens is 1. The fourth-order valence-corrected chi connectivity index (χ4v) is 6.00. The third-order valence-corrected chi connectivity index (χ3v) is 7.49. The van der Waals surface area contributed by atoms with Crippen molar-refractivity contribution in [1.29, 1.82) is 0 Å². The molecule has 1 aliphatic heterocycles. The van der Waals surface area contributed by atoms with Crippen molar-refractivity contribution in [2.45, 2.75) is 38.6 Å². The maximum absolute atomic E-state index is 12.5. The van der Waals surface area contributed by atoms with E-state index in [0.29, 0.717) is 17.4 Å². The highest BCUT2D eigenvalue weighted by molar-refractivity contribution is 7.18. The van der Waals surface area contributed by atoms with Gasteiger partial charge in [0.15, 0.2) is 5.13 Å². The number of ether oxygens (including phenoxy) is 1. The maximum Gasteiger partial charge on any atom is 0.259 e. The van der Waals surface area contributed by atoms with Gasteiger partial charge in [-0.05, 0) is 24.8 Å². The van der Waals surface area contributed by atoms with Crippen molar-refractivity contribution < 1.29 is 9.53 Å². The molecule has 3 aromatic heterocycles. The first-order valence-corrected chi connectivity index (χ1v) is 11.9. The molecule has 1 aliphatic carbocycles. The molecule has 0 atom stereocenters. The Balaban J connectivity index is 1.18. The van der Waals surface area contributed by atoms with Gasteiger partial charge in [0.1, 0.15) is 10.7 Å². The molecular formula is C20H23N5O3S2. The summed E-state index contributed by atoms with van der Waals surface area (Å²) in [5.74, 6) is 0.438. The molecule has 158 valence electrons. The van der Waals surface area contributed by atoms with Gasteiger partial charge >= 0.3 is 0 Å². The van der Waals surface area contributed by atoms with E-state index in [0.717, 1.165) is 68.0 Å². The summed E-state index contributed by atoms with van der Waals surface area (Å²) < 4.78 is 5.36. The smallest absolute Gasteiger partial charge is 0.259 e. The van der Waals surface area contributed by atoms with Gasteiger partial charge in [-0.15, -0.1) is 22.7 Å². The standard InChI is InChI=1S/C20H23N5O3S2/c26-16(24-20-21-12(11-29-20)10-25-6-8-28-9-7-25)5-4-15-22-18(27)17-13-2-1-3-14(13)30-19(17)23-15/h11H,1-10H2,(H,21,24,26)(H,22,23,27). The number of rotatable bonds is 6. The number of aryl methyl sites for hydroxylation is 3. The molecule has 0 radical (unpaired) electrons. The summed E-state index contributed by atoms with van der Waals surface area (Å²) >= 11 is 3.05. The van der Waals surface area contributed by atoms with E-state index in [2.05, 4.69) is 25.2 Å². The zero-order valence-electron chi connectivity index (χ0n) is 16.5. The second-order valence-corrected chi connectivity index (χ2v) is 9.57. The van der Waals surface area contributed by atoms with Crippen molar-refractivity contribution in [3.05, 3.63) is 37.7 Å². The molecule has 0 unspecified atom stereocenters. The number of thiophene rings is 1. The Labute approximate surface area is 181 Å². The van der Waals surface area contributed by atoms with Gasteiger partial charge in [-0.25, -0.2) is 9.97 Å². The van der Waals surface area contributed by atoms with Gasteiger partial charge in [0.05, 0.1) is 24.3 Å². The van der Waals surface area contributed by atoms with Crippen LogP contribution in [0.15, 0.2) is 10.2 Å². The van der Waals surface area contributed by atoms with Gasteiger partial charge in [-0.3, -0.25) is 14.5 Å². The maximum atomic E-state index is 12.5. The van der Waals surface area contributed by atoms with E-state index >= 15 is 0 Å². The predicted molar refractivity (Wildman–Crippen MR) is 117 cm³/mol. The first-order chi connectivity index (χ1) is 14.7. The average Bonchev–Trinajstić information content (AvgIpc) is 3.43. The van der Waals surface area contributed by atoms with E-state index in [1.165, 1.54) is 21.8 Å². The minimum absolute atomic E-state index is 0.0810. The Morgan fingerprint density at radius 3 is 3.00 bits per heavy atom. The summed E-state index contributed by atoms with van der Waals surface area (Å²) in [5.41, 5.74) is 2.05. The Morgan fingerprint density at radius 1 is 1.27 bits per heavy atom. The summed E-state index contributed by atoms with van der Waals surface area (Å²) in [6.45, 7) is 4.09. The number of thiazole rings is 1. The molecule has 0 spiro atoms. The Morgan fingerprint density at radius 2 is 2.13 bits per heavy atom. The number of carbonyl (C=O) groups excluding carboxylic acids is 1. The van der Waals surface area contributed by atoms with Crippen LogP contribution in [0.25, 0.3) is 10.2 Å². The van der Waals surface area contributed by atoms with Gasteiger partial charge in [0.2, 0.25) is 5.91 Å². The predicted octanol–water partition coefficient (Wildman–Crippen LogP) is 2.33. The van der Waals surface area contributed by atoms with E-state index in [9.17, 15) is 9.59 Å². The summed E-state index contributed by atoms with van der Waals surface area (Å²) in [6, 6.07) is 0. The number of aromatic amines is 1. The van der Waals surface area contributed by atoms with E-state index < -0.39 is 0 Å². The molecule has 3 aromatic rings. The zero-order chi connectivity index (χ0) is 20.5. The Bertz CT molecular complexity index is 1130. The highest BCUT2D eigenvalue weighted by atomic mass is 32.1. The highest BCUT2D eigenvalue weighted by Crippen LogP contribution is 2.34. The SMILES string of the molecule is O=C(CCc1nc2sc3c(c2c(=O)[nH]1)CCC3)Nc1nc(CN2CCOCC2)cs1. The normalized spacial score (nSPS) is 16.8. The van der Waals surface area contributed by atoms with Crippen molar-refractivity contribution in [2.75, 3.05) is 31.6 Å². The van der Waals surface area contributed by atoms with Crippen molar-refractivity contribution in [3.63, 3.8) is 0 Å². The lowest BCUT2D eigenvalue weighted by molar-refractivity contribution is -0.116. The van der Waals surface area contributed by atoms with E-state index in [1.54, 1.807) is 11.3 Å². The molecule has 30 heavy (non-hydrogen) atoms. The second-order valence-electron chi connectivity index (χ2n) is 7.63. The molecule has 4 heterocycles. The molecule has 1 saturated heterocycles. The van der Waals surface area contributed by atoms with Crippen molar-refractivity contribution >= 4 is 43.9 Å². The lowest BCUT2D eigenvalue weighted by atomic mass is 10.2. The van der Waals surface area contributed by atoms with Gasteiger partial charge in [0.25, 0.3) is 5.56 Å². The van der Waals surface area contributed by atoms with Crippen LogP contribution in [0, 0.1) is 0 Å². The van der Waals surface area contributed by atoms with E-state index in [4.69, 9.17) is 4.74 Å². The highest BCUT2D eigenvalue weighted by Gasteiger charge is 2.21. The summed E-state index contributed by atoms with van der Waals surface area (Å²) in [7, 11) is 0. The van der Waals surface area contributed by atoms with Crippen LogP contribution in [0.1, 0.15) is 34.8 Å². The molecule has 0 saturated carbocycles. The molecule has 2 aliphatic rings. The third kappa shape index (κ3) is 4.18. The van der Waals surface area contributed by atoms with Crippen LogP contribution in [-0.2, 0) is 35.3 Å². The quantitative estimate of drug-likeness (QED) is 0.604. The number of anilines is 1. The van der Waals surface area contributed by atoms with Crippen LogP contribution in [0.2, 0.25) is 0 Å². The minimum Gasteiger partial charge on any atom is -0.379 e. The molecule has 0 aromatic carbocycles. The Kier molecular flexibility index (Phi) is 5.64. The fourth-order valence-electron chi connectivity index (χ4n) is 4.00. The molecule has 10 heteroatoms. The number of carbonyl (C=O) groups is 1. The summed E-state index contributed by atoms with van der Waals surface area (Å²) in [5, 5.41) is 6.19. The fraction of sp³-hybridized carbons (Fsp3) is 0.500. The van der Waals surface area contributed by atoms with Crippen molar-refractivity contribution in [3.8, 4) is 0 Å². The number of hydrogen-bond acceptors (Lipinski definition) is 8. The summed E-state index contributed by atoms with van der Waals surface area (Å²) in [4.78, 5) is 41.2. The van der Waals surface area contributed by atoms with Gasteiger partial charge in [0, 0.05) is 42.7 Å². The zero-order valence-corrected chi connectivity index (χ0v) is 18.2. The van der Waals surface area contributed by atoms with Crippen LogP contribution in [-0.4, -0.2) is 52.1 Å². The lowest BCUT2D eigenvalue weighted by Crippen LogP contribution is -2.35. The topological polar surface area (TPSA) is 100 Å². The molecular weight excluding hydrogens is 422 g/mol. The van der Waals surface area contributed by atoms with Gasteiger partial charge < -0.3 is 15.0 Å². The van der Waals surface area contributed by atoms with Crippen LogP contribution in [0.5, 0.6) is 0 Å². The third-order valence-electron chi connectivity index (χ3n) is 5.50. The van der Waals surface area contributed by atoms with Crippen molar-refractivity contribution in [1.82, 2.24) is 19.9 Å². The number of fused-ring (bicyclic) bond motifs is 3. The Hall–Kier alpha value is -2.14. The molecule has 2 N–H and O–H groups in total. The molecule has 1 amide bonds. The van der Waals surface area contributed by atoms with Crippen LogP contribution < -0.4 is 10.9 Å². The van der Waals surface area contributed by atoms with Crippen LogP contribution >= 0.6 is 22.7 Å². The molecule has 8 nitrogen and oxygen atoms in total. The van der Waals surface area contributed by atoms with Gasteiger partial charge in [-0.2, -0.15) is 0 Å².